The first-order chi connectivity index (χ1) is 11.6. The first-order valence-corrected chi connectivity index (χ1v) is 7.22. The Labute approximate surface area is 139 Å². The minimum absolute atomic E-state index is 0.387. The van der Waals surface area contributed by atoms with Gasteiger partial charge in [0, 0.05) is 17.1 Å². The van der Waals surface area contributed by atoms with Gasteiger partial charge in [-0.3, -0.25) is 0 Å². The van der Waals surface area contributed by atoms with Gasteiger partial charge < -0.3 is 24.8 Å². The van der Waals surface area contributed by atoms with Crippen molar-refractivity contribution < 1.29 is 19.5 Å². The molecule has 0 spiro atoms. The van der Waals surface area contributed by atoms with Crippen LogP contribution in [-0.2, 0) is 0 Å². The summed E-state index contributed by atoms with van der Waals surface area (Å²) in [6.45, 7) is 0. The van der Waals surface area contributed by atoms with E-state index >= 15 is 0 Å². The van der Waals surface area contributed by atoms with Crippen molar-refractivity contribution >= 4 is 35.0 Å². The summed E-state index contributed by atoms with van der Waals surface area (Å²) in [5, 5.41) is 22.5. The maximum absolute atomic E-state index is 9.28. The van der Waals surface area contributed by atoms with Gasteiger partial charge in [0.05, 0.1) is 19.7 Å². The number of aromatic nitrogens is 2. The number of methoxy groups -OCH3 is 2. The van der Waals surface area contributed by atoms with E-state index in [2.05, 4.69) is 15.3 Å². The molecule has 1 aromatic heterocycles. The Morgan fingerprint density at radius 1 is 1.00 bits per heavy atom. The van der Waals surface area contributed by atoms with Gasteiger partial charge in [-0.15, -0.1) is 0 Å². The number of benzene rings is 2. The van der Waals surface area contributed by atoms with Crippen LogP contribution in [0.1, 0.15) is 0 Å². The van der Waals surface area contributed by atoms with E-state index in [1.54, 1.807) is 50.6 Å². The van der Waals surface area contributed by atoms with E-state index in [0.29, 0.717) is 34.0 Å². The van der Waals surface area contributed by atoms with Gasteiger partial charge in [-0.1, -0.05) is 12.1 Å². The fourth-order valence-electron chi connectivity index (χ4n) is 2.40. The smallest absolute Gasteiger partial charge is 0.488 e. The van der Waals surface area contributed by atoms with E-state index in [1.165, 1.54) is 6.33 Å². The molecule has 0 saturated heterocycles. The van der Waals surface area contributed by atoms with Gasteiger partial charge in [-0.25, -0.2) is 9.97 Å². The van der Waals surface area contributed by atoms with Crippen LogP contribution in [0, 0.1) is 0 Å². The molecule has 3 N–H and O–H groups in total. The second-order valence-corrected chi connectivity index (χ2v) is 5.07. The van der Waals surface area contributed by atoms with Gasteiger partial charge >= 0.3 is 7.12 Å². The SMILES string of the molecule is COc1cc2ncnc(Nc3cccc(B(O)O)c3)c2cc1OC. The lowest BCUT2D eigenvalue weighted by Crippen LogP contribution is -2.29. The summed E-state index contributed by atoms with van der Waals surface area (Å²) < 4.78 is 10.6. The molecule has 0 atom stereocenters. The van der Waals surface area contributed by atoms with Crippen LogP contribution in [0.3, 0.4) is 0 Å². The number of nitrogens with zero attached hydrogens (tertiary/aromatic N) is 2. The van der Waals surface area contributed by atoms with E-state index in [9.17, 15) is 10.0 Å². The predicted molar refractivity (Wildman–Crippen MR) is 92.2 cm³/mol. The molecule has 0 unspecified atom stereocenters. The second kappa shape index (κ2) is 6.73. The Morgan fingerprint density at radius 3 is 2.46 bits per heavy atom. The maximum atomic E-state index is 9.28. The zero-order valence-electron chi connectivity index (χ0n) is 13.2. The zero-order chi connectivity index (χ0) is 17.1. The standard InChI is InChI=1S/C16H16BN3O4/c1-23-14-7-12-13(8-15(14)24-2)18-9-19-16(12)20-11-5-3-4-10(6-11)17(21)22/h3-9,21-22H,1-2H3,(H,18,19,20). The molecule has 2 aromatic carbocycles. The third-order valence-corrected chi connectivity index (χ3v) is 3.59. The Balaban J connectivity index is 2.05. The first kappa shape index (κ1) is 16.0. The molecule has 8 heteroatoms. The van der Waals surface area contributed by atoms with Crippen LogP contribution in [0.5, 0.6) is 11.5 Å². The van der Waals surface area contributed by atoms with Crippen LogP contribution in [0.25, 0.3) is 10.9 Å². The second-order valence-electron chi connectivity index (χ2n) is 5.07. The van der Waals surface area contributed by atoms with Gasteiger partial charge in [0.1, 0.15) is 12.1 Å². The molecule has 0 saturated carbocycles. The normalized spacial score (nSPS) is 10.5. The highest BCUT2D eigenvalue weighted by Crippen LogP contribution is 2.34. The van der Waals surface area contributed by atoms with Gasteiger partial charge in [-0.2, -0.15) is 0 Å². The average Bonchev–Trinajstić information content (AvgIpc) is 2.61. The van der Waals surface area contributed by atoms with E-state index < -0.39 is 7.12 Å². The molecule has 24 heavy (non-hydrogen) atoms. The van der Waals surface area contributed by atoms with Crippen molar-refractivity contribution in [3.63, 3.8) is 0 Å². The Kier molecular flexibility index (Phi) is 4.50. The first-order valence-electron chi connectivity index (χ1n) is 7.22. The van der Waals surface area contributed by atoms with Crippen molar-refractivity contribution in [2.24, 2.45) is 0 Å². The Morgan fingerprint density at radius 2 is 1.75 bits per heavy atom. The molecule has 0 bridgehead atoms. The number of anilines is 2. The highest BCUT2D eigenvalue weighted by atomic mass is 16.5. The quantitative estimate of drug-likeness (QED) is 0.604. The van der Waals surface area contributed by atoms with Crippen LogP contribution in [0.15, 0.2) is 42.7 Å². The molecular weight excluding hydrogens is 309 g/mol. The van der Waals surface area contributed by atoms with Crippen molar-refractivity contribution in [1.29, 1.82) is 0 Å². The van der Waals surface area contributed by atoms with Crippen LogP contribution in [0.4, 0.5) is 11.5 Å². The lowest BCUT2D eigenvalue weighted by molar-refractivity contribution is 0.356. The number of hydrogen-bond acceptors (Lipinski definition) is 7. The molecule has 0 aliphatic carbocycles. The van der Waals surface area contributed by atoms with Gasteiger partial charge in [-0.05, 0) is 23.7 Å². The highest BCUT2D eigenvalue weighted by Gasteiger charge is 2.13. The van der Waals surface area contributed by atoms with Crippen molar-refractivity contribution in [3.8, 4) is 11.5 Å². The van der Waals surface area contributed by atoms with Crippen LogP contribution < -0.4 is 20.3 Å². The van der Waals surface area contributed by atoms with Crippen molar-refractivity contribution in [2.45, 2.75) is 0 Å². The van der Waals surface area contributed by atoms with Crippen LogP contribution in [0.2, 0.25) is 0 Å². The Hall–Kier alpha value is -2.84. The molecule has 3 aromatic rings. The summed E-state index contributed by atoms with van der Waals surface area (Å²) in [6, 6.07) is 10.4. The molecule has 0 radical (unpaired) electrons. The lowest BCUT2D eigenvalue weighted by atomic mass is 9.80. The molecule has 7 nitrogen and oxygen atoms in total. The van der Waals surface area contributed by atoms with E-state index in [0.717, 1.165) is 5.39 Å². The summed E-state index contributed by atoms with van der Waals surface area (Å²) in [4.78, 5) is 8.51. The Bertz CT molecular complexity index is 873. The summed E-state index contributed by atoms with van der Waals surface area (Å²) in [5.41, 5.74) is 1.76. The third-order valence-electron chi connectivity index (χ3n) is 3.59. The van der Waals surface area contributed by atoms with Gasteiger partial charge in [0.2, 0.25) is 0 Å². The van der Waals surface area contributed by atoms with Crippen molar-refractivity contribution in [2.75, 3.05) is 19.5 Å². The number of rotatable bonds is 5. The van der Waals surface area contributed by atoms with Gasteiger partial charge in [0.25, 0.3) is 0 Å². The predicted octanol–water partition coefficient (Wildman–Crippen LogP) is 1.07. The zero-order valence-corrected chi connectivity index (χ0v) is 13.2. The van der Waals surface area contributed by atoms with E-state index in [1.807, 2.05) is 0 Å². The summed E-state index contributed by atoms with van der Waals surface area (Å²) in [6.07, 6.45) is 1.45. The van der Waals surface area contributed by atoms with E-state index in [-0.39, 0.29) is 0 Å². The molecule has 0 aliphatic rings. The van der Waals surface area contributed by atoms with Crippen LogP contribution >= 0.6 is 0 Å². The molecule has 3 rings (SSSR count). The molecule has 0 aliphatic heterocycles. The van der Waals surface area contributed by atoms with Gasteiger partial charge in [0.15, 0.2) is 11.5 Å². The van der Waals surface area contributed by atoms with E-state index in [4.69, 9.17) is 9.47 Å². The number of nitrogens with one attached hydrogen (secondary N) is 1. The monoisotopic (exact) mass is 325 g/mol. The number of hydrogen-bond donors (Lipinski definition) is 3. The third kappa shape index (κ3) is 3.10. The summed E-state index contributed by atoms with van der Waals surface area (Å²) in [5.74, 6) is 1.73. The molecular formula is C16H16BN3O4. The summed E-state index contributed by atoms with van der Waals surface area (Å²) in [7, 11) is 1.60. The maximum Gasteiger partial charge on any atom is 0.488 e. The van der Waals surface area contributed by atoms with Crippen LogP contribution in [-0.4, -0.2) is 41.4 Å². The molecule has 1 heterocycles. The molecule has 122 valence electrons. The fourth-order valence-corrected chi connectivity index (χ4v) is 2.40. The average molecular weight is 325 g/mol. The fraction of sp³-hybridized carbons (Fsp3) is 0.125. The molecule has 0 amide bonds. The summed E-state index contributed by atoms with van der Waals surface area (Å²) >= 11 is 0. The largest absolute Gasteiger partial charge is 0.493 e. The van der Waals surface area contributed by atoms with Crippen molar-refractivity contribution in [1.82, 2.24) is 9.97 Å². The van der Waals surface area contributed by atoms with Crippen molar-refractivity contribution in [3.05, 3.63) is 42.7 Å². The lowest BCUT2D eigenvalue weighted by Gasteiger charge is -2.12. The molecule has 0 fully saturated rings. The minimum atomic E-state index is -1.53. The minimum Gasteiger partial charge on any atom is -0.493 e. The number of fused-ring (bicyclic) bond motifs is 1. The number of ether oxygens (including phenoxy) is 2. The topological polar surface area (TPSA) is 96.7 Å². The highest BCUT2D eigenvalue weighted by molar-refractivity contribution is 6.58.